The summed E-state index contributed by atoms with van der Waals surface area (Å²) in [5, 5.41) is 3.12. The molecule has 6 heteroatoms. The summed E-state index contributed by atoms with van der Waals surface area (Å²) in [4.78, 5) is 6.96. The van der Waals surface area contributed by atoms with E-state index in [2.05, 4.69) is 22.1 Å². The average Bonchev–Trinajstić information content (AvgIpc) is 2.53. The van der Waals surface area contributed by atoms with Crippen molar-refractivity contribution >= 4 is 35.6 Å². The number of nitrogens with two attached hydrogens (primary N) is 1. The van der Waals surface area contributed by atoms with Crippen LogP contribution in [0.4, 0.5) is 5.69 Å². The van der Waals surface area contributed by atoms with E-state index in [1.807, 2.05) is 24.3 Å². The van der Waals surface area contributed by atoms with Gasteiger partial charge in [-0.3, -0.25) is 4.99 Å². The molecule has 0 radical (unpaired) electrons. The molecular formula is C16H27IN4O. The van der Waals surface area contributed by atoms with Gasteiger partial charge in [0.2, 0.25) is 0 Å². The Morgan fingerprint density at radius 3 is 3.05 bits per heavy atom. The number of piperidine rings is 1. The highest BCUT2D eigenvalue weighted by Crippen LogP contribution is 2.17. The summed E-state index contributed by atoms with van der Waals surface area (Å²) in [6, 6.07) is 7.68. The molecule has 0 spiro atoms. The number of hydrogen-bond acceptors (Lipinski definition) is 3. The molecule has 5 nitrogen and oxygen atoms in total. The molecule has 0 aromatic heterocycles. The molecule has 1 aromatic carbocycles. The van der Waals surface area contributed by atoms with Gasteiger partial charge in [-0.25, -0.2) is 0 Å². The van der Waals surface area contributed by atoms with E-state index in [0.717, 1.165) is 31.1 Å². The number of benzene rings is 1. The van der Waals surface area contributed by atoms with Gasteiger partial charge in [-0.2, -0.15) is 0 Å². The number of nitrogens with one attached hydrogen (secondary N) is 1. The fourth-order valence-electron chi connectivity index (χ4n) is 2.70. The number of rotatable bonds is 5. The molecular weight excluding hydrogens is 391 g/mol. The number of aliphatic imine (C=N–C) groups is 1. The fraction of sp³-hybridized carbons (Fsp3) is 0.562. The van der Waals surface area contributed by atoms with Crippen LogP contribution in [0.1, 0.15) is 19.8 Å². The summed E-state index contributed by atoms with van der Waals surface area (Å²) in [6.45, 7) is 6.47. The van der Waals surface area contributed by atoms with Gasteiger partial charge in [0, 0.05) is 24.8 Å². The lowest BCUT2D eigenvalue weighted by Gasteiger charge is -2.30. The highest BCUT2D eigenvalue weighted by Gasteiger charge is 2.18. The fourth-order valence-corrected chi connectivity index (χ4v) is 2.70. The van der Waals surface area contributed by atoms with E-state index < -0.39 is 0 Å². The quantitative estimate of drug-likeness (QED) is 0.439. The van der Waals surface area contributed by atoms with E-state index in [0.29, 0.717) is 11.9 Å². The van der Waals surface area contributed by atoms with Gasteiger partial charge >= 0.3 is 0 Å². The zero-order valence-electron chi connectivity index (χ0n) is 13.4. The zero-order chi connectivity index (χ0) is 15.1. The molecule has 1 atom stereocenters. The minimum Gasteiger partial charge on any atom is -0.497 e. The Hall–Kier alpha value is -1.02. The second-order valence-corrected chi connectivity index (χ2v) is 5.48. The monoisotopic (exact) mass is 418 g/mol. The Labute approximate surface area is 150 Å². The second-order valence-electron chi connectivity index (χ2n) is 5.48. The lowest BCUT2D eigenvalue weighted by Crippen LogP contribution is -2.36. The van der Waals surface area contributed by atoms with Crippen LogP contribution in [-0.2, 0) is 0 Å². The lowest BCUT2D eigenvalue weighted by molar-refractivity contribution is 0.187. The van der Waals surface area contributed by atoms with Gasteiger partial charge in [-0.15, -0.1) is 24.0 Å². The topological polar surface area (TPSA) is 62.9 Å². The van der Waals surface area contributed by atoms with E-state index >= 15 is 0 Å². The first-order valence-corrected chi connectivity index (χ1v) is 7.64. The summed E-state index contributed by atoms with van der Waals surface area (Å²) < 4.78 is 5.19. The predicted molar refractivity (Wildman–Crippen MR) is 103 cm³/mol. The normalized spacial score (nSPS) is 19.4. The van der Waals surface area contributed by atoms with Crippen LogP contribution in [0.5, 0.6) is 5.75 Å². The molecule has 1 fully saturated rings. The van der Waals surface area contributed by atoms with Gasteiger partial charge in [-0.05, 0) is 44.0 Å². The van der Waals surface area contributed by atoms with Crippen LogP contribution in [0.3, 0.4) is 0 Å². The summed E-state index contributed by atoms with van der Waals surface area (Å²) in [7, 11) is 1.65. The first-order chi connectivity index (χ1) is 10.2. The minimum absolute atomic E-state index is 0. The van der Waals surface area contributed by atoms with Crippen molar-refractivity contribution in [2.75, 3.05) is 38.6 Å². The molecule has 0 bridgehead atoms. The average molecular weight is 418 g/mol. The van der Waals surface area contributed by atoms with Crippen LogP contribution in [0.25, 0.3) is 0 Å². The maximum absolute atomic E-state index is 5.97. The lowest BCUT2D eigenvalue weighted by atomic mass is 9.98. The van der Waals surface area contributed by atoms with Gasteiger partial charge in [0.25, 0.3) is 0 Å². The summed E-state index contributed by atoms with van der Waals surface area (Å²) in [5.41, 5.74) is 6.86. The van der Waals surface area contributed by atoms with E-state index in [-0.39, 0.29) is 24.0 Å². The number of nitrogens with zero attached hydrogens (tertiary/aromatic N) is 2. The van der Waals surface area contributed by atoms with Crippen LogP contribution < -0.4 is 15.8 Å². The molecule has 1 aromatic rings. The van der Waals surface area contributed by atoms with E-state index in [1.165, 1.54) is 19.4 Å². The highest BCUT2D eigenvalue weighted by molar-refractivity contribution is 14.0. The molecule has 22 heavy (non-hydrogen) atoms. The van der Waals surface area contributed by atoms with Crippen molar-refractivity contribution < 1.29 is 4.74 Å². The molecule has 0 amide bonds. The van der Waals surface area contributed by atoms with Crippen LogP contribution in [-0.4, -0.2) is 44.1 Å². The van der Waals surface area contributed by atoms with Crippen LogP contribution in [0, 0.1) is 5.92 Å². The van der Waals surface area contributed by atoms with E-state index in [4.69, 9.17) is 10.5 Å². The van der Waals surface area contributed by atoms with Crippen molar-refractivity contribution in [3.8, 4) is 5.75 Å². The maximum atomic E-state index is 5.97. The molecule has 1 heterocycles. The van der Waals surface area contributed by atoms with Crippen LogP contribution in [0.15, 0.2) is 29.3 Å². The van der Waals surface area contributed by atoms with Crippen molar-refractivity contribution in [3.05, 3.63) is 24.3 Å². The van der Waals surface area contributed by atoms with Crippen LogP contribution >= 0.6 is 24.0 Å². The predicted octanol–water partition coefficient (Wildman–Crippen LogP) is 2.77. The summed E-state index contributed by atoms with van der Waals surface area (Å²) in [6.07, 6.45) is 2.50. The van der Waals surface area contributed by atoms with Gasteiger partial charge in [0.15, 0.2) is 5.96 Å². The zero-order valence-corrected chi connectivity index (χ0v) is 15.7. The van der Waals surface area contributed by atoms with Gasteiger partial charge in [0.05, 0.1) is 7.11 Å². The van der Waals surface area contributed by atoms with Crippen molar-refractivity contribution in [1.82, 2.24) is 4.90 Å². The molecule has 2 rings (SSSR count). The molecule has 0 saturated carbocycles. The molecule has 3 N–H and O–H groups in total. The van der Waals surface area contributed by atoms with Crippen molar-refractivity contribution in [3.63, 3.8) is 0 Å². The molecule has 1 saturated heterocycles. The molecule has 124 valence electrons. The Kier molecular flexibility index (Phi) is 8.55. The molecule has 1 aliphatic rings. The Balaban J connectivity index is 0.00000242. The summed E-state index contributed by atoms with van der Waals surface area (Å²) >= 11 is 0. The number of likely N-dealkylation sites (tertiary alicyclic amines) is 1. The van der Waals surface area contributed by atoms with Gasteiger partial charge in [-0.1, -0.05) is 13.0 Å². The van der Waals surface area contributed by atoms with Crippen molar-refractivity contribution in [2.45, 2.75) is 19.8 Å². The number of hydrogen-bond donors (Lipinski definition) is 2. The molecule has 0 aliphatic carbocycles. The SMILES string of the molecule is CCN1CCCC(CN=C(N)Nc2cccc(OC)c2)C1.I. The molecule has 1 unspecified atom stereocenters. The van der Waals surface area contributed by atoms with E-state index in [1.54, 1.807) is 7.11 Å². The third kappa shape index (κ3) is 6.00. The highest BCUT2D eigenvalue weighted by atomic mass is 127. The number of ether oxygens (including phenoxy) is 1. The Morgan fingerprint density at radius 2 is 2.32 bits per heavy atom. The maximum Gasteiger partial charge on any atom is 0.193 e. The minimum atomic E-state index is 0. The van der Waals surface area contributed by atoms with Crippen LogP contribution in [0.2, 0.25) is 0 Å². The van der Waals surface area contributed by atoms with E-state index in [9.17, 15) is 0 Å². The number of methoxy groups -OCH3 is 1. The smallest absolute Gasteiger partial charge is 0.193 e. The number of guanidine groups is 1. The van der Waals surface area contributed by atoms with Gasteiger partial charge in [0.1, 0.15) is 5.75 Å². The number of halogens is 1. The first kappa shape index (κ1) is 19.0. The van der Waals surface area contributed by atoms with Crippen molar-refractivity contribution in [2.24, 2.45) is 16.6 Å². The largest absolute Gasteiger partial charge is 0.497 e. The first-order valence-electron chi connectivity index (χ1n) is 7.64. The van der Waals surface area contributed by atoms with Crippen molar-refractivity contribution in [1.29, 1.82) is 0 Å². The van der Waals surface area contributed by atoms with Gasteiger partial charge < -0.3 is 20.7 Å². The molecule has 1 aliphatic heterocycles. The Morgan fingerprint density at radius 1 is 1.50 bits per heavy atom. The third-order valence-corrected chi connectivity index (χ3v) is 3.91. The summed E-state index contributed by atoms with van der Waals surface area (Å²) in [5.74, 6) is 1.89. The second kappa shape index (κ2) is 9.89. The standard InChI is InChI=1S/C16H26N4O.HI/c1-3-20-9-5-6-13(12-20)11-18-16(17)19-14-7-4-8-15(10-14)21-2;/h4,7-8,10,13H,3,5-6,9,11-12H2,1-2H3,(H3,17,18,19);1H. The number of anilines is 1. The third-order valence-electron chi connectivity index (χ3n) is 3.91. The Bertz CT molecular complexity index is 481.